The lowest BCUT2D eigenvalue weighted by Gasteiger charge is -2.18. The zero-order valence-corrected chi connectivity index (χ0v) is 46.3. The summed E-state index contributed by atoms with van der Waals surface area (Å²) < 4.78 is 16.9. The van der Waals surface area contributed by atoms with Crippen LogP contribution in [0, 0.1) is 0 Å². The van der Waals surface area contributed by atoms with E-state index in [4.69, 9.17) is 14.2 Å². The molecule has 0 amide bonds. The maximum Gasteiger partial charge on any atom is 0.306 e. The molecular weight excluding hydrogens is 853 g/mol. The number of carbonyl (C=O) groups excluding carboxylic acids is 3. The summed E-state index contributed by atoms with van der Waals surface area (Å²) >= 11 is 0. The second kappa shape index (κ2) is 58.2. The van der Waals surface area contributed by atoms with E-state index >= 15 is 0 Å². The number of carbonyl (C=O) groups is 3. The van der Waals surface area contributed by atoms with E-state index < -0.39 is 6.10 Å². The van der Waals surface area contributed by atoms with E-state index in [-0.39, 0.29) is 31.1 Å². The van der Waals surface area contributed by atoms with E-state index in [1.807, 2.05) is 0 Å². The molecule has 0 N–H and O–H groups in total. The van der Waals surface area contributed by atoms with Crippen LogP contribution in [-0.4, -0.2) is 37.2 Å². The summed E-state index contributed by atoms with van der Waals surface area (Å²) in [7, 11) is 0. The minimum absolute atomic E-state index is 0.0725. The zero-order valence-electron chi connectivity index (χ0n) is 46.3. The normalized spacial score (nSPS) is 12.2. The summed E-state index contributed by atoms with van der Waals surface area (Å²) in [6.07, 6.45) is 70.0. The van der Waals surface area contributed by atoms with Gasteiger partial charge in [0.1, 0.15) is 13.2 Å². The third kappa shape index (κ3) is 56.4. The summed E-state index contributed by atoms with van der Waals surface area (Å²) in [6.45, 7) is 6.63. The second-order valence-corrected chi connectivity index (χ2v) is 20.6. The van der Waals surface area contributed by atoms with E-state index in [1.54, 1.807) is 0 Å². The van der Waals surface area contributed by atoms with Crippen LogP contribution >= 0.6 is 0 Å². The number of unbranched alkanes of at least 4 members (excludes halogenated alkanes) is 39. The van der Waals surface area contributed by atoms with Gasteiger partial charge in [-0.1, -0.05) is 269 Å². The van der Waals surface area contributed by atoms with Gasteiger partial charge in [-0.3, -0.25) is 14.4 Å². The van der Waals surface area contributed by atoms with Crippen LogP contribution in [0.1, 0.15) is 329 Å². The molecule has 0 aliphatic carbocycles. The van der Waals surface area contributed by atoms with Gasteiger partial charge in [-0.15, -0.1) is 0 Å². The Kier molecular flexibility index (Phi) is 56.2. The Morgan fingerprint density at radius 3 is 0.841 bits per heavy atom. The van der Waals surface area contributed by atoms with Crippen LogP contribution in [0.15, 0.2) is 36.5 Å². The Morgan fingerprint density at radius 2 is 0.522 bits per heavy atom. The molecule has 0 fully saturated rings. The average Bonchev–Trinajstić information content (AvgIpc) is 3.35. The van der Waals surface area contributed by atoms with E-state index in [0.717, 1.165) is 70.6 Å². The average molecular weight is 970 g/mol. The molecular formula is C63H116O6. The molecule has 1 unspecified atom stereocenters. The lowest BCUT2D eigenvalue weighted by atomic mass is 10.0. The van der Waals surface area contributed by atoms with Crippen LogP contribution in [0.2, 0.25) is 0 Å². The fourth-order valence-electron chi connectivity index (χ4n) is 9.00. The molecule has 0 heterocycles. The highest BCUT2D eigenvalue weighted by Gasteiger charge is 2.19. The van der Waals surface area contributed by atoms with Gasteiger partial charge < -0.3 is 14.2 Å². The van der Waals surface area contributed by atoms with Crippen molar-refractivity contribution in [2.45, 2.75) is 335 Å². The van der Waals surface area contributed by atoms with Gasteiger partial charge in [0.15, 0.2) is 6.10 Å². The Balaban J connectivity index is 4.29. The third-order valence-corrected chi connectivity index (χ3v) is 13.6. The molecule has 0 aliphatic heterocycles. The standard InChI is InChI=1S/C63H116O6/c1-4-7-10-13-16-19-22-25-27-29-31-33-34-36-38-41-44-47-50-53-56-62(65)68-59-60(58-67-61(64)55-52-49-46-43-40-24-21-18-15-12-9-6-3)69-63(66)57-54-51-48-45-42-39-37-35-32-30-28-26-23-20-17-14-11-8-5-2/h17-18,20-21,26,28,60H,4-16,19,22-25,27,29-59H2,1-3H3/b20-17-,21-18-,28-26-. The molecule has 404 valence electrons. The summed E-state index contributed by atoms with van der Waals surface area (Å²) in [5.41, 5.74) is 0. The van der Waals surface area contributed by atoms with Gasteiger partial charge >= 0.3 is 17.9 Å². The zero-order chi connectivity index (χ0) is 50.0. The van der Waals surface area contributed by atoms with Crippen molar-refractivity contribution in [3.63, 3.8) is 0 Å². The highest BCUT2D eigenvalue weighted by atomic mass is 16.6. The summed E-state index contributed by atoms with van der Waals surface area (Å²) in [5.74, 6) is -0.867. The van der Waals surface area contributed by atoms with Crippen LogP contribution in [-0.2, 0) is 28.6 Å². The first-order chi connectivity index (χ1) is 34.0. The second-order valence-electron chi connectivity index (χ2n) is 20.6. The van der Waals surface area contributed by atoms with Crippen LogP contribution in [0.3, 0.4) is 0 Å². The van der Waals surface area contributed by atoms with Crippen LogP contribution < -0.4 is 0 Å². The number of rotatable bonds is 56. The first-order valence-corrected chi connectivity index (χ1v) is 30.5. The first-order valence-electron chi connectivity index (χ1n) is 30.5. The summed E-state index contributed by atoms with van der Waals surface area (Å²) in [5, 5.41) is 0. The third-order valence-electron chi connectivity index (χ3n) is 13.6. The smallest absolute Gasteiger partial charge is 0.306 e. The predicted octanol–water partition coefficient (Wildman–Crippen LogP) is 20.4. The minimum Gasteiger partial charge on any atom is -0.462 e. The molecule has 0 aliphatic rings. The number of esters is 3. The minimum atomic E-state index is -0.775. The van der Waals surface area contributed by atoms with E-state index in [0.29, 0.717) is 19.3 Å². The Morgan fingerprint density at radius 1 is 0.290 bits per heavy atom. The van der Waals surface area contributed by atoms with Crippen LogP contribution in [0.5, 0.6) is 0 Å². The lowest BCUT2D eigenvalue weighted by Crippen LogP contribution is -2.30. The molecule has 6 heteroatoms. The van der Waals surface area contributed by atoms with Gasteiger partial charge in [-0.05, 0) is 77.0 Å². The number of hydrogen-bond donors (Lipinski definition) is 0. The van der Waals surface area contributed by atoms with Crippen molar-refractivity contribution in [3.05, 3.63) is 36.5 Å². The van der Waals surface area contributed by atoms with Gasteiger partial charge in [0, 0.05) is 19.3 Å². The van der Waals surface area contributed by atoms with Gasteiger partial charge in [0.2, 0.25) is 0 Å². The van der Waals surface area contributed by atoms with Gasteiger partial charge in [0.25, 0.3) is 0 Å². The van der Waals surface area contributed by atoms with Crippen molar-refractivity contribution >= 4 is 17.9 Å². The monoisotopic (exact) mass is 969 g/mol. The molecule has 0 saturated carbocycles. The van der Waals surface area contributed by atoms with Gasteiger partial charge in [-0.2, -0.15) is 0 Å². The molecule has 6 nitrogen and oxygen atoms in total. The maximum atomic E-state index is 12.9. The number of allylic oxidation sites excluding steroid dienone is 6. The van der Waals surface area contributed by atoms with Crippen molar-refractivity contribution < 1.29 is 28.6 Å². The van der Waals surface area contributed by atoms with Gasteiger partial charge in [-0.25, -0.2) is 0 Å². The molecule has 0 saturated heterocycles. The van der Waals surface area contributed by atoms with Crippen LogP contribution in [0.25, 0.3) is 0 Å². The van der Waals surface area contributed by atoms with Crippen molar-refractivity contribution in [2.75, 3.05) is 13.2 Å². The number of hydrogen-bond acceptors (Lipinski definition) is 6. The molecule has 0 spiro atoms. The van der Waals surface area contributed by atoms with Crippen molar-refractivity contribution in [2.24, 2.45) is 0 Å². The SMILES string of the molecule is CCCCC/C=C\C/C=C\CCCCCCCCCCCC(=O)OC(COC(=O)CCCCCCC/C=C\CCCCC)COC(=O)CCCCCCCCCCCCCCCCCCCCCC. The topological polar surface area (TPSA) is 78.9 Å². The molecule has 0 aromatic rings. The maximum absolute atomic E-state index is 12.9. The molecule has 69 heavy (non-hydrogen) atoms. The lowest BCUT2D eigenvalue weighted by molar-refractivity contribution is -0.167. The van der Waals surface area contributed by atoms with E-state index in [9.17, 15) is 14.4 Å². The molecule has 0 radical (unpaired) electrons. The molecule has 0 aromatic heterocycles. The quantitative estimate of drug-likeness (QED) is 0.0261. The molecule has 0 rings (SSSR count). The molecule has 0 bridgehead atoms. The fraction of sp³-hybridized carbons (Fsp3) is 0.857. The highest BCUT2D eigenvalue weighted by Crippen LogP contribution is 2.17. The number of ether oxygens (including phenoxy) is 3. The van der Waals surface area contributed by atoms with Gasteiger partial charge in [0.05, 0.1) is 0 Å². The molecule has 1 atom stereocenters. The fourth-order valence-corrected chi connectivity index (χ4v) is 9.00. The predicted molar refractivity (Wildman–Crippen MR) is 298 cm³/mol. The first kappa shape index (κ1) is 66.6. The van der Waals surface area contributed by atoms with Crippen molar-refractivity contribution in [1.29, 1.82) is 0 Å². The Hall–Kier alpha value is -2.37. The Labute approximate surface area is 429 Å². The Bertz CT molecular complexity index is 1160. The van der Waals surface area contributed by atoms with E-state index in [2.05, 4.69) is 57.2 Å². The summed E-state index contributed by atoms with van der Waals surface area (Å²) in [4.78, 5) is 38.2. The van der Waals surface area contributed by atoms with Crippen molar-refractivity contribution in [3.8, 4) is 0 Å². The van der Waals surface area contributed by atoms with E-state index in [1.165, 1.54) is 218 Å². The van der Waals surface area contributed by atoms with Crippen molar-refractivity contribution in [1.82, 2.24) is 0 Å². The van der Waals surface area contributed by atoms with Crippen LogP contribution in [0.4, 0.5) is 0 Å². The highest BCUT2D eigenvalue weighted by molar-refractivity contribution is 5.71. The largest absolute Gasteiger partial charge is 0.462 e. The molecule has 0 aromatic carbocycles. The summed E-state index contributed by atoms with van der Waals surface area (Å²) in [6, 6.07) is 0.